The summed E-state index contributed by atoms with van der Waals surface area (Å²) < 4.78 is 0. The molecule has 12 nitrogen and oxygen atoms in total. The second kappa shape index (κ2) is 16.0. The first kappa shape index (κ1) is 28.7. The smallest absolute Gasteiger partial charge is 0.269 e. The number of carbonyl (C=O) groups is 4. The molecule has 4 amide bonds. The van der Waals surface area contributed by atoms with Crippen LogP contribution in [0.3, 0.4) is 0 Å². The van der Waals surface area contributed by atoms with Crippen LogP contribution in [0.15, 0.2) is 36.4 Å². The van der Waals surface area contributed by atoms with Gasteiger partial charge in [-0.1, -0.05) is 12.1 Å². The summed E-state index contributed by atoms with van der Waals surface area (Å²) in [6.45, 7) is 4.61. The highest BCUT2D eigenvalue weighted by atomic mass is 16.2. The quantitative estimate of drug-likeness (QED) is 0.277. The number of hydrogen-bond donors (Lipinski definition) is 6. The van der Waals surface area contributed by atoms with Gasteiger partial charge in [0.05, 0.1) is 0 Å². The normalized spacial score (nSPS) is 18.1. The van der Waals surface area contributed by atoms with Crippen LogP contribution in [-0.2, 0) is 0 Å². The molecular weight excluding hydrogens is 488 g/mol. The van der Waals surface area contributed by atoms with Gasteiger partial charge in [0, 0.05) is 26.2 Å². The number of nitrogens with zero attached hydrogens (tertiary/aromatic N) is 2. The van der Waals surface area contributed by atoms with E-state index in [2.05, 4.69) is 41.9 Å². The molecule has 12 heteroatoms. The van der Waals surface area contributed by atoms with E-state index in [4.69, 9.17) is 0 Å². The molecule has 3 rings (SSSR count). The van der Waals surface area contributed by atoms with E-state index >= 15 is 0 Å². The molecule has 2 aromatic rings. The summed E-state index contributed by atoms with van der Waals surface area (Å²) >= 11 is 0. The number of hydrogen-bond acceptors (Lipinski definition) is 8. The van der Waals surface area contributed by atoms with E-state index in [-0.39, 0.29) is 46.4 Å². The Hall–Kier alpha value is -3.90. The third-order valence-electron chi connectivity index (χ3n) is 5.69. The molecule has 0 radical (unpaired) electrons. The van der Waals surface area contributed by atoms with Crippen LogP contribution in [0.4, 0.5) is 0 Å². The Morgan fingerprint density at radius 1 is 0.421 bits per heavy atom. The molecule has 4 bridgehead atoms. The van der Waals surface area contributed by atoms with Gasteiger partial charge in [0.1, 0.15) is 22.8 Å². The Balaban J connectivity index is 1.52. The fourth-order valence-electron chi connectivity index (χ4n) is 3.65. The second-order valence-corrected chi connectivity index (χ2v) is 8.75. The summed E-state index contributed by atoms with van der Waals surface area (Å²) in [7, 11) is 0. The van der Waals surface area contributed by atoms with Crippen LogP contribution in [0, 0.1) is 0 Å². The average molecular weight is 525 g/mol. The number of amides is 4. The van der Waals surface area contributed by atoms with Crippen molar-refractivity contribution >= 4 is 23.6 Å². The number of carbonyl (C=O) groups excluding carboxylic acids is 4. The first-order valence-corrected chi connectivity index (χ1v) is 13.0. The number of aromatic nitrogens is 2. The molecule has 0 saturated carbocycles. The third kappa shape index (κ3) is 9.87. The van der Waals surface area contributed by atoms with Crippen molar-refractivity contribution in [1.82, 2.24) is 41.9 Å². The molecule has 1 aliphatic heterocycles. The molecule has 0 aromatic carbocycles. The maximum atomic E-state index is 12.4. The van der Waals surface area contributed by atoms with Crippen LogP contribution in [0.2, 0.25) is 0 Å². The van der Waals surface area contributed by atoms with E-state index in [9.17, 15) is 19.2 Å². The monoisotopic (exact) mass is 524 g/mol. The minimum absolute atomic E-state index is 0.197. The Bertz CT molecular complexity index is 934. The van der Waals surface area contributed by atoms with E-state index in [0.29, 0.717) is 78.0 Å². The molecule has 0 saturated heterocycles. The number of fused-ring (bicyclic) bond motifs is 4. The standard InChI is InChI=1S/C26H36N8O4/c35-23-19-7-1-8-20(33-19)24(36)30-16-4-12-28-14-6-18-32-26(38)22-10-2-9-21(34-22)25(37)31-17-5-13-27-11-3-15-29-23/h1-2,7-10,27-28H,3-6,11-18H2,(H,29,35)(H,30,36)(H,31,37)(H,32,38). The summed E-state index contributed by atoms with van der Waals surface area (Å²) in [5.74, 6) is -1.30. The van der Waals surface area contributed by atoms with Gasteiger partial charge in [-0.2, -0.15) is 0 Å². The van der Waals surface area contributed by atoms with Crippen LogP contribution in [0.1, 0.15) is 67.6 Å². The molecule has 0 atom stereocenters. The minimum Gasteiger partial charge on any atom is -0.351 e. The van der Waals surface area contributed by atoms with Gasteiger partial charge < -0.3 is 31.9 Å². The van der Waals surface area contributed by atoms with Crippen LogP contribution < -0.4 is 31.9 Å². The largest absolute Gasteiger partial charge is 0.351 e. The van der Waals surface area contributed by atoms with Gasteiger partial charge in [0.25, 0.3) is 23.6 Å². The van der Waals surface area contributed by atoms with Crippen molar-refractivity contribution in [3.05, 3.63) is 59.2 Å². The van der Waals surface area contributed by atoms with Crippen molar-refractivity contribution in [2.24, 2.45) is 0 Å². The van der Waals surface area contributed by atoms with E-state index in [0.717, 1.165) is 0 Å². The highest BCUT2D eigenvalue weighted by Gasteiger charge is 2.13. The Labute approximate surface area is 222 Å². The molecule has 2 aromatic heterocycles. The van der Waals surface area contributed by atoms with Gasteiger partial charge in [-0.15, -0.1) is 0 Å². The molecule has 0 spiro atoms. The summed E-state index contributed by atoms with van der Waals surface area (Å²) in [4.78, 5) is 58.0. The van der Waals surface area contributed by atoms with Crippen molar-refractivity contribution in [2.45, 2.75) is 25.7 Å². The molecular formula is C26H36N8O4. The zero-order valence-corrected chi connectivity index (χ0v) is 21.5. The van der Waals surface area contributed by atoms with Crippen molar-refractivity contribution < 1.29 is 19.2 Å². The molecule has 0 aliphatic carbocycles. The van der Waals surface area contributed by atoms with Crippen molar-refractivity contribution in [3.8, 4) is 0 Å². The Kier molecular flexibility index (Phi) is 12.1. The molecule has 3 heterocycles. The van der Waals surface area contributed by atoms with Crippen molar-refractivity contribution in [2.75, 3.05) is 52.4 Å². The Morgan fingerprint density at radius 3 is 0.947 bits per heavy atom. The lowest BCUT2D eigenvalue weighted by Crippen LogP contribution is -2.32. The lowest BCUT2D eigenvalue weighted by atomic mass is 10.2. The van der Waals surface area contributed by atoms with Gasteiger partial charge in [-0.25, -0.2) is 9.97 Å². The van der Waals surface area contributed by atoms with Crippen molar-refractivity contribution in [1.29, 1.82) is 0 Å². The molecule has 1 aliphatic rings. The van der Waals surface area contributed by atoms with Gasteiger partial charge in [-0.3, -0.25) is 19.2 Å². The predicted octanol–water partition coefficient (Wildman–Crippen LogP) is -0.151. The second-order valence-electron chi connectivity index (χ2n) is 8.75. The fraction of sp³-hybridized carbons (Fsp3) is 0.462. The van der Waals surface area contributed by atoms with Gasteiger partial charge in [0.15, 0.2) is 0 Å². The SMILES string of the molecule is O=C1NCCCNCCCNC(=O)c2cccc(n2)C(=O)NCCCNCCCNC(=O)c2cccc1n2. The lowest BCUT2D eigenvalue weighted by Gasteiger charge is -2.10. The predicted molar refractivity (Wildman–Crippen MR) is 142 cm³/mol. The van der Waals surface area contributed by atoms with Crippen LogP contribution in [0.5, 0.6) is 0 Å². The minimum atomic E-state index is -0.325. The third-order valence-corrected chi connectivity index (χ3v) is 5.69. The van der Waals surface area contributed by atoms with Crippen LogP contribution in [-0.4, -0.2) is 86.0 Å². The molecule has 0 fully saturated rings. The first-order valence-electron chi connectivity index (χ1n) is 13.0. The average Bonchev–Trinajstić information content (AvgIpc) is 2.94. The summed E-state index contributed by atoms with van der Waals surface area (Å²) in [5.41, 5.74) is 0.790. The zero-order valence-electron chi connectivity index (χ0n) is 21.5. The molecule has 6 N–H and O–H groups in total. The number of pyridine rings is 2. The highest BCUT2D eigenvalue weighted by molar-refractivity contribution is 5.97. The van der Waals surface area contributed by atoms with Crippen LogP contribution in [0.25, 0.3) is 0 Å². The number of nitrogens with one attached hydrogen (secondary N) is 6. The highest BCUT2D eigenvalue weighted by Crippen LogP contribution is 2.01. The van der Waals surface area contributed by atoms with Gasteiger partial charge in [-0.05, 0) is 76.1 Å². The number of rotatable bonds is 0. The summed E-state index contributed by atoms with van der Waals surface area (Å²) in [5, 5.41) is 17.8. The summed E-state index contributed by atoms with van der Waals surface area (Å²) in [6, 6.07) is 9.60. The molecule has 0 unspecified atom stereocenters. The van der Waals surface area contributed by atoms with E-state index in [1.807, 2.05) is 0 Å². The van der Waals surface area contributed by atoms with Crippen LogP contribution >= 0.6 is 0 Å². The Morgan fingerprint density at radius 2 is 0.684 bits per heavy atom. The zero-order chi connectivity index (χ0) is 27.0. The lowest BCUT2D eigenvalue weighted by molar-refractivity contribution is 0.0928. The maximum absolute atomic E-state index is 12.4. The first-order chi connectivity index (χ1) is 18.5. The molecule has 38 heavy (non-hydrogen) atoms. The van der Waals surface area contributed by atoms with Gasteiger partial charge in [0.2, 0.25) is 0 Å². The fourth-order valence-corrected chi connectivity index (χ4v) is 3.65. The van der Waals surface area contributed by atoms with Gasteiger partial charge >= 0.3 is 0 Å². The van der Waals surface area contributed by atoms with E-state index < -0.39 is 0 Å². The van der Waals surface area contributed by atoms with Crippen molar-refractivity contribution in [3.63, 3.8) is 0 Å². The topological polar surface area (TPSA) is 166 Å². The van der Waals surface area contributed by atoms with E-state index in [1.54, 1.807) is 36.4 Å². The summed E-state index contributed by atoms with van der Waals surface area (Å²) in [6.07, 6.45) is 2.85. The molecule has 204 valence electrons. The maximum Gasteiger partial charge on any atom is 0.269 e. The van der Waals surface area contributed by atoms with E-state index in [1.165, 1.54) is 0 Å².